The Kier molecular flexibility index (Phi) is 5.39. The number of benzene rings is 1. The van der Waals surface area contributed by atoms with Gasteiger partial charge in [0.05, 0.1) is 0 Å². The molecule has 0 aliphatic rings. The standard InChI is InChI=1S/C13H18O2S/c1-11-6-3-4-8-13(11)10-16(15)9-5-7-12(2)14/h3-4,6,8H,5,7,9-10H2,1-2H3. The van der Waals surface area contributed by atoms with Gasteiger partial charge in [-0.05, 0) is 31.4 Å². The van der Waals surface area contributed by atoms with E-state index in [-0.39, 0.29) is 5.78 Å². The third kappa shape index (κ3) is 4.71. The van der Waals surface area contributed by atoms with Gasteiger partial charge in [0.25, 0.3) is 0 Å². The summed E-state index contributed by atoms with van der Waals surface area (Å²) in [6.07, 6.45) is 1.27. The van der Waals surface area contributed by atoms with Crippen molar-refractivity contribution in [2.75, 3.05) is 5.75 Å². The van der Waals surface area contributed by atoms with E-state index in [1.165, 1.54) is 5.56 Å². The molecular weight excluding hydrogens is 220 g/mol. The van der Waals surface area contributed by atoms with Gasteiger partial charge in [-0.2, -0.15) is 0 Å². The first kappa shape index (κ1) is 13.1. The number of hydrogen-bond acceptors (Lipinski definition) is 2. The molecule has 0 fully saturated rings. The van der Waals surface area contributed by atoms with Crippen LogP contribution in [0.5, 0.6) is 0 Å². The zero-order chi connectivity index (χ0) is 12.0. The maximum atomic E-state index is 11.7. The van der Waals surface area contributed by atoms with Crippen molar-refractivity contribution in [2.24, 2.45) is 0 Å². The highest BCUT2D eigenvalue weighted by Gasteiger charge is 2.04. The largest absolute Gasteiger partial charge is 0.300 e. The first-order valence-corrected chi connectivity index (χ1v) is 6.97. The van der Waals surface area contributed by atoms with Gasteiger partial charge in [-0.15, -0.1) is 0 Å². The van der Waals surface area contributed by atoms with E-state index in [9.17, 15) is 9.00 Å². The molecule has 1 unspecified atom stereocenters. The van der Waals surface area contributed by atoms with E-state index in [1.54, 1.807) is 6.92 Å². The monoisotopic (exact) mass is 238 g/mol. The van der Waals surface area contributed by atoms with Gasteiger partial charge in [0.1, 0.15) is 5.78 Å². The molecule has 88 valence electrons. The topological polar surface area (TPSA) is 34.1 Å². The number of carbonyl (C=O) groups is 1. The molecule has 1 atom stereocenters. The number of rotatable bonds is 6. The fourth-order valence-corrected chi connectivity index (χ4v) is 2.78. The summed E-state index contributed by atoms with van der Waals surface area (Å²) in [6, 6.07) is 7.99. The number of carbonyl (C=O) groups excluding carboxylic acids is 1. The first-order valence-electron chi connectivity index (χ1n) is 5.48. The smallest absolute Gasteiger partial charge is 0.129 e. The Morgan fingerprint density at radius 2 is 2.00 bits per heavy atom. The summed E-state index contributed by atoms with van der Waals surface area (Å²) in [5.74, 6) is 1.39. The van der Waals surface area contributed by atoms with Crippen LogP contribution in [0, 0.1) is 6.92 Å². The van der Waals surface area contributed by atoms with Crippen molar-refractivity contribution in [1.29, 1.82) is 0 Å². The number of aryl methyl sites for hydroxylation is 1. The lowest BCUT2D eigenvalue weighted by atomic mass is 10.1. The molecule has 16 heavy (non-hydrogen) atoms. The van der Waals surface area contributed by atoms with Crippen LogP contribution in [0.15, 0.2) is 24.3 Å². The maximum absolute atomic E-state index is 11.7. The first-order chi connectivity index (χ1) is 7.59. The molecule has 1 aromatic rings. The zero-order valence-corrected chi connectivity index (χ0v) is 10.7. The molecule has 1 aromatic carbocycles. The van der Waals surface area contributed by atoms with Crippen LogP contribution >= 0.6 is 0 Å². The van der Waals surface area contributed by atoms with Crippen molar-refractivity contribution in [3.63, 3.8) is 0 Å². The van der Waals surface area contributed by atoms with Gasteiger partial charge in [0.2, 0.25) is 0 Å². The summed E-state index contributed by atoms with van der Waals surface area (Å²) >= 11 is 0. The highest BCUT2D eigenvalue weighted by Crippen LogP contribution is 2.10. The maximum Gasteiger partial charge on any atom is 0.129 e. The number of ketones is 1. The molecular formula is C13H18O2S. The predicted octanol–water partition coefficient (Wildman–Crippen LogP) is 2.61. The van der Waals surface area contributed by atoms with E-state index in [2.05, 4.69) is 0 Å². The third-order valence-corrected chi connectivity index (χ3v) is 3.86. The molecule has 0 aliphatic carbocycles. The molecule has 0 aromatic heterocycles. The van der Waals surface area contributed by atoms with Crippen LogP contribution in [0.2, 0.25) is 0 Å². The van der Waals surface area contributed by atoms with E-state index in [0.29, 0.717) is 17.9 Å². The van der Waals surface area contributed by atoms with Crippen molar-refractivity contribution in [3.8, 4) is 0 Å². The average molecular weight is 238 g/mol. The third-order valence-electron chi connectivity index (χ3n) is 2.48. The molecule has 2 nitrogen and oxygen atoms in total. The number of hydrogen-bond donors (Lipinski definition) is 0. The summed E-state index contributed by atoms with van der Waals surface area (Å²) in [5.41, 5.74) is 2.33. The molecule has 3 heteroatoms. The second kappa shape index (κ2) is 6.59. The van der Waals surface area contributed by atoms with E-state index in [1.807, 2.05) is 31.2 Å². The van der Waals surface area contributed by atoms with Gasteiger partial charge in [0, 0.05) is 28.7 Å². The normalized spacial score (nSPS) is 12.4. The minimum atomic E-state index is -0.850. The highest BCUT2D eigenvalue weighted by molar-refractivity contribution is 7.84. The quantitative estimate of drug-likeness (QED) is 0.763. The van der Waals surface area contributed by atoms with Gasteiger partial charge in [-0.25, -0.2) is 0 Å². The minimum absolute atomic E-state index is 0.174. The van der Waals surface area contributed by atoms with Crippen molar-refractivity contribution in [2.45, 2.75) is 32.4 Å². The summed E-state index contributed by atoms with van der Waals surface area (Å²) in [5, 5.41) is 0. The molecule has 0 spiro atoms. The molecule has 0 saturated heterocycles. The van der Waals surface area contributed by atoms with Crippen LogP contribution in [0.4, 0.5) is 0 Å². The SMILES string of the molecule is CC(=O)CCCS(=O)Cc1ccccc1C. The van der Waals surface area contributed by atoms with Crippen LogP contribution < -0.4 is 0 Å². The second-order valence-corrected chi connectivity index (χ2v) is 5.60. The lowest BCUT2D eigenvalue weighted by molar-refractivity contribution is -0.117. The van der Waals surface area contributed by atoms with E-state index < -0.39 is 10.8 Å². The summed E-state index contributed by atoms with van der Waals surface area (Å²) in [7, 11) is -0.850. The average Bonchev–Trinajstić information content (AvgIpc) is 2.21. The van der Waals surface area contributed by atoms with E-state index >= 15 is 0 Å². The molecule has 0 heterocycles. The molecule has 1 rings (SSSR count). The Hall–Kier alpha value is -0.960. The Labute approximate surface area is 99.5 Å². The predicted molar refractivity (Wildman–Crippen MR) is 67.8 cm³/mol. The molecule has 0 saturated carbocycles. The second-order valence-electron chi connectivity index (χ2n) is 4.02. The summed E-state index contributed by atoms with van der Waals surface area (Å²) < 4.78 is 11.7. The lowest BCUT2D eigenvalue weighted by Crippen LogP contribution is -2.04. The Morgan fingerprint density at radius 1 is 1.31 bits per heavy atom. The molecule has 0 amide bonds. The van der Waals surface area contributed by atoms with Crippen LogP contribution in [-0.4, -0.2) is 15.7 Å². The molecule has 0 bridgehead atoms. The zero-order valence-electron chi connectivity index (χ0n) is 9.86. The molecule has 0 aliphatic heterocycles. The van der Waals surface area contributed by atoms with Crippen molar-refractivity contribution in [1.82, 2.24) is 0 Å². The number of Topliss-reactive ketones (excluding diaryl/α,β-unsaturated/α-hetero) is 1. The lowest BCUT2D eigenvalue weighted by Gasteiger charge is -2.05. The van der Waals surface area contributed by atoms with Crippen molar-refractivity contribution < 1.29 is 9.00 Å². The highest BCUT2D eigenvalue weighted by atomic mass is 32.2. The summed E-state index contributed by atoms with van der Waals surface area (Å²) in [4.78, 5) is 10.7. The fourth-order valence-electron chi connectivity index (χ4n) is 1.50. The Balaban J connectivity index is 2.40. The van der Waals surface area contributed by atoms with E-state index in [0.717, 1.165) is 12.0 Å². The fraction of sp³-hybridized carbons (Fsp3) is 0.462. The molecule has 0 radical (unpaired) electrons. The van der Waals surface area contributed by atoms with Crippen LogP contribution in [0.1, 0.15) is 30.9 Å². The van der Waals surface area contributed by atoms with Gasteiger partial charge >= 0.3 is 0 Å². The van der Waals surface area contributed by atoms with Gasteiger partial charge in [0.15, 0.2) is 0 Å². The van der Waals surface area contributed by atoms with Crippen LogP contribution in [0.3, 0.4) is 0 Å². The van der Waals surface area contributed by atoms with Crippen molar-refractivity contribution in [3.05, 3.63) is 35.4 Å². The summed E-state index contributed by atoms with van der Waals surface area (Å²) in [6.45, 7) is 3.60. The van der Waals surface area contributed by atoms with Crippen LogP contribution in [-0.2, 0) is 21.3 Å². The van der Waals surface area contributed by atoms with Crippen LogP contribution in [0.25, 0.3) is 0 Å². The minimum Gasteiger partial charge on any atom is -0.300 e. The van der Waals surface area contributed by atoms with Crippen molar-refractivity contribution >= 4 is 16.6 Å². The van der Waals surface area contributed by atoms with E-state index in [4.69, 9.17) is 0 Å². The Morgan fingerprint density at radius 3 is 2.62 bits per heavy atom. The van der Waals surface area contributed by atoms with Gasteiger partial charge in [-0.1, -0.05) is 24.3 Å². The van der Waals surface area contributed by atoms with Gasteiger partial charge < -0.3 is 4.79 Å². The molecule has 0 N–H and O–H groups in total. The van der Waals surface area contributed by atoms with Gasteiger partial charge in [-0.3, -0.25) is 4.21 Å². The Bertz CT molecular complexity index is 385.